The topological polar surface area (TPSA) is 86.8 Å². The van der Waals surface area contributed by atoms with Crippen molar-refractivity contribution >= 4 is 73.9 Å². The van der Waals surface area contributed by atoms with Crippen LogP contribution in [0.5, 0.6) is 0 Å². The quantitative estimate of drug-likeness (QED) is 0.248. The van der Waals surface area contributed by atoms with Gasteiger partial charge >= 0.3 is 0 Å². The molecule has 0 bridgehead atoms. The van der Waals surface area contributed by atoms with Gasteiger partial charge in [-0.3, -0.25) is 13.9 Å². The van der Waals surface area contributed by atoms with Crippen LogP contribution in [0.4, 0.5) is 5.69 Å². The van der Waals surface area contributed by atoms with Gasteiger partial charge in [0.1, 0.15) is 12.6 Å². The van der Waals surface area contributed by atoms with E-state index in [1.165, 1.54) is 41.3 Å². The van der Waals surface area contributed by atoms with Crippen LogP contribution in [0.3, 0.4) is 0 Å². The van der Waals surface area contributed by atoms with Crippen LogP contribution >= 0.6 is 46.4 Å². The molecule has 3 rings (SSSR count). The predicted octanol–water partition coefficient (Wildman–Crippen LogP) is 6.83. The molecule has 2 amide bonds. The average molecular weight is 645 g/mol. The van der Waals surface area contributed by atoms with Crippen LogP contribution in [0.25, 0.3) is 0 Å². The minimum absolute atomic E-state index is 0.0243. The summed E-state index contributed by atoms with van der Waals surface area (Å²) in [5.74, 6) is -1.02. The van der Waals surface area contributed by atoms with E-state index in [2.05, 4.69) is 5.32 Å². The molecule has 0 aliphatic carbocycles. The second-order valence-electron chi connectivity index (χ2n) is 9.17. The van der Waals surface area contributed by atoms with Crippen molar-refractivity contribution in [2.24, 2.45) is 0 Å². The van der Waals surface area contributed by atoms with E-state index in [1.807, 2.05) is 13.8 Å². The third-order valence-electron chi connectivity index (χ3n) is 6.33. The van der Waals surface area contributed by atoms with E-state index >= 15 is 0 Å². The maximum atomic E-state index is 14.0. The number of hydrogen-bond donors (Lipinski definition) is 1. The van der Waals surface area contributed by atoms with Crippen molar-refractivity contribution in [3.05, 3.63) is 92.4 Å². The summed E-state index contributed by atoms with van der Waals surface area (Å²) in [5.41, 5.74) is 0.669. The summed E-state index contributed by atoms with van der Waals surface area (Å²) in [6.07, 6.45) is 0.690. The molecule has 2 atom stereocenters. The summed E-state index contributed by atoms with van der Waals surface area (Å²) in [6.45, 7) is 4.67. The van der Waals surface area contributed by atoms with Gasteiger partial charge in [-0.25, -0.2) is 8.42 Å². The zero-order chi connectivity index (χ0) is 29.6. The summed E-state index contributed by atoms with van der Waals surface area (Å²) in [7, 11) is -4.23. The number of nitrogens with zero attached hydrogens (tertiary/aromatic N) is 2. The van der Waals surface area contributed by atoms with E-state index in [-0.39, 0.29) is 39.1 Å². The molecular weight excluding hydrogens is 616 g/mol. The van der Waals surface area contributed by atoms with Gasteiger partial charge in [0.25, 0.3) is 10.0 Å². The first-order valence-electron chi connectivity index (χ1n) is 12.4. The summed E-state index contributed by atoms with van der Waals surface area (Å²) in [6, 6.07) is 15.7. The zero-order valence-electron chi connectivity index (χ0n) is 22.1. The lowest BCUT2D eigenvalue weighted by atomic mass is 10.1. The van der Waals surface area contributed by atoms with Crippen molar-refractivity contribution in [2.75, 3.05) is 10.8 Å². The monoisotopic (exact) mass is 643 g/mol. The molecule has 12 heteroatoms. The van der Waals surface area contributed by atoms with Crippen LogP contribution in [0.2, 0.25) is 20.1 Å². The highest BCUT2D eigenvalue weighted by atomic mass is 35.5. The number of nitrogens with one attached hydrogen (secondary N) is 1. The van der Waals surface area contributed by atoms with Gasteiger partial charge in [-0.15, -0.1) is 0 Å². The van der Waals surface area contributed by atoms with Crippen LogP contribution in [0.15, 0.2) is 71.6 Å². The molecule has 0 spiro atoms. The predicted molar refractivity (Wildman–Crippen MR) is 162 cm³/mol. The third kappa shape index (κ3) is 7.83. The average Bonchev–Trinajstić information content (AvgIpc) is 2.92. The summed E-state index contributed by atoms with van der Waals surface area (Å²) < 4.78 is 28.5. The van der Waals surface area contributed by atoms with E-state index in [0.29, 0.717) is 22.0 Å². The van der Waals surface area contributed by atoms with Gasteiger partial charge in [0.15, 0.2) is 0 Å². The highest BCUT2D eigenvalue weighted by Crippen LogP contribution is 2.31. The molecule has 0 aliphatic heterocycles. The number of carbonyl (C=O) groups is 2. The molecule has 214 valence electrons. The number of rotatable bonds is 11. The van der Waals surface area contributed by atoms with Crippen molar-refractivity contribution in [3.63, 3.8) is 0 Å². The molecule has 0 aliphatic rings. The number of halogens is 4. The standard InChI is InChI=1S/C28H29Cl4N3O4S/c1-4-18(2)33-28(37)19(3)34(16-20-10-11-21(29)14-25(20)31)27(36)17-35(22-12-13-24(30)26(32)15-22)40(38,39)23-8-6-5-7-9-23/h5-15,18-19H,4,16-17H2,1-3H3,(H,33,37)/t18-,19-/m0/s1. The number of anilines is 1. The minimum atomic E-state index is -4.23. The van der Waals surface area contributed by atoms with Crippen LogP contribution in [0.1, 0.15) is 32.8 Å². The second-order valence-corrected chi connectivity index (χ2v) is 12.7. The van der Waals surface area contributed by atoms with E-state index < -0.39 is 28.5 Å². The van der Waals surface area contributed by atoms with Crippen LogP contribution in [0, 0.1) is 0 Å². The number of hydrogen-bond acceptors (Lipinski definition) is 4. The number of carbonyl (C=O) groups excluding carboxylic acids is 2. The lowest BCUT2D eigenvalue weighted by Gasteiger charge is -2.32. The van der Waals surface area contributed by atoms with E-state index in [9.17, 15) is 18.0 Å². The van der Waals surface area contributed by atoms with Gasteiger partial charge in [-0.05, 0) is 68.3 Å². The number of benzene rings is 3. The maximum absolute atomic E-state index is 14.0. The number of amides is 2. The Morgan fingerprint density at radius 1 is 0.875 bits per heavy atom. The van der Waals surface area contributed by atoms with Crippen LogP contribution in [-0.4, -0.2) is 43.8 Å². The van der Waals surface area contributed by atoms with E-state index in [4.69, 9.17) is 46.4 Å². The first-order chi connectivity index (χ1) is 18.8. The van der Waals surface area contributed by atoms with Crippen molar-refractivity contribution in [2.45, 2.75) is 50.7 Å². The van der Waals surface area contributed by atoms with Crippen LogP contribution < -0.4 is 9.62 Å². The van der Waals surface area contributed by atoms with Crippen LogP contribution in [-0.2, 0) is 26.2 Å². The molecule has 7 nitrogen and oxygen atoms in total. The summed E-state index contributed by atoms with van der Waals surface area (Å²) in [4.78, 5) is 28.3. The molecule has 0 heterocycles. The third-order valence-corrected chi connectivity index (χ3v) is 9.44. The fraction of sp³-hybridized carbons (Fsp3) is 0.286. The Morgan fingerprint density at radius 2 is 1.55 bits per heavy atom. The first kappa shape index (κ1) is 32.0. The molecule has 0 aromatic heterocycles. The van der Waals surface area contributed by atoms with E-state index in [0.717, 1.165) is 4.31 Å². The van der Waals surface area contributed by atoms with Gasteiger partial charge in [0.2, 0.25) is 11.8 Å². The van der Waals surface area contributed by atoms with Crippen molar-refractivity contribution in [1.29, 1.82) is 0 Å². The highest BCUT2D eigenvalue weighted by molar-refractivity contribution is 7.92. The van der Waals surface area contributed by atoms with Gasteiger partial charge in [-0.2, -0.15) is 0 Å². The summed E-state index contributed by atoms with van der Waals surface area (Å²) in [5, 5.41) is 3.93. The molecule has 40 heavy (non-hydrogen) atoms. The molecule has 0 saturated carbocycles. The lowest BCUT2D eigenvalue weighted by Crippen LogP contribution is -2.52. The fourth-order valence-electron chi connectivity index (χ4n) is 3.77. The zero-order valence-corrected chi connectivity index (χ0v) is 25.9. The highest BCUT2D eigenvalue weighted by Gasteiger charge is 2.33. The molecular formula is C28H29Cl4N3O4S. The Labute approximate surface area is 255 Å². The Hall–Kier alpha value is -2.49. The Balaban J connectivity index is 2.06. The van der Waals surface area contributed by atoms with Crippen molar-refractivity contribution in [3.8, 4) is 0 Å². The van der Waals surface area contributed by atoms with E-state index in [1.54, 1.807) is 37.3 Å². The van der Waals surface area contributed by atoms with Gasteiger partial charge in [-0.1, -0.05) is 77.6 Å². The van der Waals surface area contributed by atoms with Gasteiger partial charge < -0.3 is 10.2 Å². The second kappa shape index (κ2) is 13.9. The lowest BCUT2D eigenvalue weighted by molar-refractivity contribution is -0.139. The van der Waals surface area contributed by atoms with Gasteiger partial charge in [0.05, 0.1) is 20.6 Å². The summed E-state index contributed by atoms with van der Waals surface area (Å²) >= 11 is 24.7. The molecule has 0 unspecified atom stereocenters. The Morgan fingerprint density at radius 3 is 2.15 bits per heavy atom. The molecule has 0 fully saturated rings. The fourth-order valence-corrected chi connectivity index (χ4v) is 5.96. The SMILES string of the molecule is CC[C@H](C)NC(=O)[C@H](C)N(Cc1ccc(Cl)cc1Cl)C(=O)CN(c1ccc(Cl)c(Cl)c1)S(=O)(=O)c1ccccc1. The molecule has 0 saturated heterocycles. The normalized spacial score (nSPS) is 12.9. The smallest absolute Gasteiger partial charge is 0.264 e. The molecule has 0 radical (unpaired) electrons. The molecule has 3 aromatic carbocycles. The Kier molecular flexibility index (Phi) is 11.1. The largest absolute Gasteiger partial charge is 0.352 e. The Bertz CT molecular complexity index is 1470. The number of sulfonamides is 1. The minimum Gasteiger partial charge on any atom is -0.352 e. The molecule has 1 N–H and O–H groups in total. The molecule has 3 aromatic rings. The van der Waals surface area contributed by atoms with Crippen molar-refractivity contribution < 1.29 is 18.0 Å². The van der Waals surface area contributed by atoms with Crippen molar-refractivity contribution in [1.82, 2.24) is 10.2 Å². The first-order valence-corrected chi connectivity index (χ1v) is 15.4. The maximum Gasteiger partial charge on any atom is 0.264 e. The van der Waals surface area contributed by atoms with Gasteiger partial charge in [0, 0.05) is 22.6 Å².